The van der Waals surface area contributed by atoms with Crippen molar-refractivity contribution in [1.82, 2.24) is 10.2 Å². The summed E-state index contributed by atoms with van der Waals surface area (Å²) in [4.78, 5) is 40.0. The first-order chi connectivity index (χ1) is 16.9. The van der Waals surface area contributed by atoms with E-state index in [0.717, 1.165) is 22.3 Å². The third-order valence-electron chi connectivity index (χ3n) is 7.61. The number of methoxy groups -OCH3 is 1. The molecule has 2 aromatic rings. The minimum Gasteiger partial charge on any atom is -0.479 e. The van der Waals surface area contributed by atoms with Crippen LogP contribution < -0.4 is 5.32 Å². The van der Waals surface area contributed by atoms with Crippen LogP contribution in [0.2, 0.25) is 0 Å². The number of carboxylic acids is 1. The van der Waals surface area contributed by atoms with Crippen molar-refractivity contribution in [2.24, 2.45) is 0 Å². The Morgan fingerprint density at radius 2 is 1.63 bits per heavy atom. The lowest BCUT2D eigenvalue weighted by Crippen LogP contribution is -2.66. The van der Waals surface area contributed by atoms with Crippen LogP contribution in [0.1, 0.15) is 49.1 Å². The van der Waals surface area contributed by atoms with E-state index in [1.54, 1.807) is 0 Å². The molecule has 184 valence electrons. The van der Waals surface area contributed by atoms with Gasteiger partial charge in [-0.3, -0.25) is 4.79 Å². The van der Waals surface area contributed by atoms with Crippen LogP contribution >= 0.6 is 0 Å². The van der Waals surface area contributed by atoms with E-state index in [0.29, 0.717) is 38.6 Å². The Balaban J connectivity index is 1.28. The van der Waals surface area contributed by atoms with Gasteiger partial charge < -0.3 is 24.8 Å². The van der Waals surface area contributed by atoms with E-state index in [-0.39, 0.29) is 25.0 Å². The molecule has 0 bridgehead atoms. The zero-order valence-electron chi connectivity index (χ0n) is 19.8. The molecule has 8 nitrogen and oxygen atoms in total. The second kappa shape index (κ2) is 9.00. The van der Waals surface area contributed by atoms with Gasteiger partial charge in [-0.15, -0.1) is 0 Å². The highest BCUT2D eigenvalue weighted by atomic mass is 16.5. The fraction of sp³-hybridized carbons (Fsp3) is 0.444. The van der Waals surface area contributed by atoms with Crippen LogP contribution in [0.5, 0.6) is 0 Å². The van der Waals surface area contributed by atoms with Gasteiger partial charge in [-0.1, -0.05) is 48.5 Å². The number of amides is 2. The Hall–Kier alpha value is -3.39. The number of carbonyl (C=O) groups is 3. The molecule has 2 aliphatic carbocycles. The van der Waals surface area contributed by atoms with Gasteiger partial charge in [-0.05, 0) is 54.4 Å². The van der Waals surface area contributed by atoms with Gasteiger partial charge in [0, 0.05) is 19.6 Å². The molecular weight excluding hydrogens is 448 g/mol. The number of hydrogen-bond donors (Lipinski definition) is 2. The summed E-state index contributed by atoms with van der Waals surface area (Å²) in [5.41, 5.74) is 1.96. The third kappa shape index (κ3) is 3.95. The van der Waals surface area contributed by atoms with E-state index in [2.05, 4.69) is 17.4 Å². The number of fused-ring (bicyclic) bond motifs is 3. The average molecular weight is 479 g/mol. The summed E-state index contributed by atoms with van der Waals surface area (Å²) in [6, 6.07) is 16.2. The van der Waals surface area contributed by atoms with Crippen LogP contribution in [0.3, 0.4) is 0 Å². The van der Waals surface area contributed by atoms with E-state index >= 15 is 0 Å². The summed E-state index contributed by atoms with van der Waals surface area (Å²) in [6.45, 7) is 0.383. The minimum absolute atomic E-state index is 0.0811. The molecule has 0 spiro atoms. The molecule has 1 atom stereocenters. The maximum Gasteiger partial charge on any atom is 0.408 e. The number of carboxylic acid groups (broad SMARTS) is 1. The standard InChI is InChI=1S/C27H30N2O6/c1-34-17-27(24(31)32)12-6-7-15-29(27)23(30)26(13-14-26)28-25(33)35-16-22-20-10-4-2-8-18(20)19-9-3-5-11-21(19)22/h2-5,8-11,22H,6-7,12-17H2,1H3,(H,28,33)(H,31,32). The summed E-state index contributed by atoms with van der Waals surface area (Å²) < 4.78 is 10.8. The molecule has 0 aromatic heterocycles. The van der Waals surface area contributed by atoms with Gasteiger partial charge in [0.1, 0.15) is 12.1 Å². The van der Waals surface area contributed by atoms with Crippen molar-refractivity contribution in [1.29, 1.82) is 0 Å². The first kappa shape index (κ1) is 23.4. The molecule has 5 rings (SSSR count). The summed E-state index contributed by atoms with van der Waals surface area (Å²) in [6.07, 6.45) is 1.98. The Kier molecular flexibility index (Phi) is 6.01. The molecule has 1 heterocycles. The van der Waals surface area contributed by atoms with Crippen molar-refractivity contribution in [3.05, 3.63) is 59.7 Å². The van der Waals surface area contributed by atoms with Crippen molar-refractivity contribution < 1.29 is 29.0 Å². The van der Waals surface area contributed by atoms with Gasteiger partial charge >= 0.3 is 12.1 Å². The molecule has 1 saturated heterocycles. The molecule has 3 aliphatic rings. The van der Waals surface area contributed by atoms with Gasteiger partial charge in [0.2, 0.25) is 5.91 Å². The van der Waals surface area contributed by atoms with Gasteiger partial charge in [-0.25, -0.2) is 9.59 Å². The third-order valence-corrected chi connectivity index (χ3v) is 7.61. The molecule has 2 aromatic carbocycles. The second-order valence-electron chi connectivity index (χ2n) is 9.72. The topological polar surface area (TPSA) is 105 Å². The number of likely N-dealkylation sites (tertiary alicyclic amines) is 1. The monoisotopic (exact) mass is 478 g/mol. The molecule has 1 unspecified atom stereocenters. The number of carbonyl (C=O) groups excluding carboxylic acids is 2. The first-order valence-corrected chi connectivity index (χ1v) is 12.1. The van der Waals surface area contributed by atoms with Gasteiger partial charge in [-0.2, -0.15) is 0 Å². The number of aliphatic carboxylic acids is 1. The second-order valence-corrected chi connectivity index (χ2v) is 9.72. The molecule has 2 N–H and O–H groups in total. The number of rotatable bonds is 7. The number of nitrogens with one attached hydrogen (secondary N) is 1. The summed E-state index contributed by atoms with van der Waals surface area (Å²) in [5, 5.41) is 12.8. The zero-order chi connectivity index (χ0) is 24.6. The molecule has 1 saturated carbocycles. The number of nitrogens with zero attached hydrogens (tertiary/aromatic N) is 1. The smallest absolute Gasteiger partial charge is 0.408 e. The minimum atomic E-state index is -1.41. The fourth-order valence-corrected chi connectivity index (χ4v) is 5.61. The highest BCUT2D eigenvalue weighted by molar-refractivity contribution is 5.96. The number of ether oxygens (including phenoxy) is 2. The summed E-state index contributed by atoms with van der Waals surface area (Å²) in [5.74, 6) is -1.53. The van der Waals surface area contributed by atoms with E-state index in [4.69, 9.17) is 9.47 Å². The largest absolute Gasteiger partial charge is 0.479 e. The van der Waals surface area contributed by atoms with Crippen LogP contribution in [0.15, 0.2) is 48.5 Å². The van der Waals surface area contributed by atoms with Gasteiger partial charge in [0.25, 0.3) is 0 Å². The van der Waals surface area contributed by atoms with E-state index in [1.807, 2.05) is 36.4 Å². The van der Waals surface area contributed by atoms with Crippen molar-refractivity contribution in [3.8, 4) is 11.1 Å². The quantitative estimate of drug-likeness (QED) is 0.631. The normalized spacial score (nSPS) is 22.1. The van der Waals surface area contributed by atoms with Gasteiger partial charge in [0.05, 0.1) is 6.61 Å². The number of benzene rings is 2. The Morgan fingerprint density at radius 1 is 1.00 bits per heavy atom. The highest BCUT2D eigenvalue weighted by Crippen LogP contribution is 2.45. The maximum atomic E-state index is 13.5. The van der Waals surface area contributed by atoms with Crippen molar-refractivity contribution in [3.63, 3.8) is 0 Å². The lowest BCUT2D eigenvalue weighted by Gasteiger charge is -2.45. The lowest BCUT2D eigenvalue weighted by molar-refractivity contribution is -0.168. The number of hydrogen-bond acceptors (Lipinski definition) is 5. The van der Waals surface area contributed by atoms with E-state index < -0.39 is 23.1 Å². The van der Waals surface area contributed by atoms with E-state index in [1.165, 1.54) is 12.0 Å². The van der Waals surface area contributed by atoms with Crippen molar-refractivity contribution in [2.75, 3.05) is 26.9 Å². The van der Waals surface area contributed by atoms with Crippen LogP contribution in [0, 0.1) is 0 Å². The van der Waals surface area contributed by atoms with Crippen molar-refractivity contribution in [2.45, 2.75) is 49.1 Å². The van der Waals surface area contributed by atoms with Crippen LogP contribution in [-0.2, 0) is 19.1 Å². The van der Waals surface area contributed by atoms with Crippen LogP contribution in [0.25, 0.3) is 11.1 Å². The molecule has 2 fully saturated rings. The Bertz CT molecular complexity index is 1110. The lowest BCUT2D eigenvalue weighted by atomic mass is 9.86. The Morgan fingerprint density at radius 3 is 2.20 bits per heavy atom. The van der Waals surface area contributed by atoms with Gasteiger partial charge in [0.15, 0.2) is 5.54 Å². The maximum absolute atomic E-state index is 13.5. The molecule has 2 amide bonds. The molecule has 0 radical (unpaired) electrons. The summed E-state index contributed by atoms with van der Waals surface area (Å²) in [7, 11) is 1.43. The molecule has 8 heteroatoms. The fourth-order valence-electron chi connectivity index (χ4n) is 5.61. The highest BCUT2D eigenvalue weighted by Gasteiger charge is 2.59. The average Bonchev–Trinajstić information content (AvgIpc) is 3.58. The molecular formula is C27H30N2O6. The van der Waals surface area contributed by atoms with Crippen LogP contribution in [-0.4, -0.2) is 65.9 Å². The summed E-state index contributed by atoms with van der Waals surface area (Å²) >= 11 is 0. The zero-order valence-corrected chi connectivity index (χ0v) is 19.8. The molecule has 35 heavy (non-hydrogen) atoms. The molecule has 1 aliphatic heterocycles. The predicted octanol–water partition coefficient (Wildman–Crippen LogP) is 3.54. The predicted molar refractivity (Wildman–Crippen MR) is 128 cm³/mol. The Labute approximate surface area is 204 Å². The SMILES string of the molecule is COCC1(C(=O)O)CCCCN1C(=O)C1(NC(=O)OCC2c3ccccc3-c3ccccc32)CC1. The van der Waals surface area contributed by atoms with Crippen LogP contribution in [0.4, 0.5) is 4.79 Å². The number of alkyl carbamates (subject to hydrolysis) is 1. The van der Waals surface area contributed by atoms with Crippen molar-refractivity contribution >= 4 is 18.0 Å². The first-order valence-electron chi connectivity index (χ1n) is 12.1. The number of piperidine rings is 1. The van der Waals surface area contributed by atoms with E-state index in [9.17, 15) is 19.5 Å².